The largest absolute Gasteiger partial charge is 0.449 e. The topological polar surface area (TPSA) is 68.3 Å². The van der Waals surface area contributed by atoms with Gasteiger partial charge in [0.05, 0.1) is 10.6 Å². The van der Waals surface area contributed by atoms with E-state index in [1.165, 1.54) is 37.6 Å². The molecule has 0 radical (unpaired) electrons. The van der Waals surface area contributed by atoms with Crippen molar-refractivity contribution in [1.82, 2.24) is 10.3 Å². The molecule has 1 aromatic rings. The van der Waals surface area contributed by atoms with E-state index in [-0.39, 0.29) is 21.6 Å². The van der Waals surface area contributed by atoms with Crippen molar-refractivity contribution in [3.8, 4) is 0 Å². The SMILES string of the molecule is CC(OC(=O)c1cnc(Cl)c(Cl)c1)C(=O)NCCC1=CCCCC1. The molecule has 0 aliphatic heterocycles. The van der Waals surface area contributed by atoms with E-state index in [2.05, 4.69) is 16.4 Å². The fraction of sp³-hybridized carbons (Fsp3) is 0.471. The minimum absolute atomic E-state index is 0.107. The van der Waals surface area contributed by atoms with Crippen LogP contribution in [-0.2, 0) is 9.53 Å². The van der Waals surface area contributed by atoms with E-state index < -0.39 is 12.1 Å². The Morgan fingerprint density at radius 1 is 1.38 bits per heavy atom. The van der Waals surface area contributed by atoms with Crippen molar-refractivity contribution in [2.24, 2.45) is 0 Å². The Kier molecular flexibility index (Phi) is 7.06. The molecule has 0 bridgehead atoms. The van der Waals surface area contributed by atoms with Crippen molar-refractivity contribution in [2.45, 2.75) is 45.1 Å². The number of hydrogen-bond donors (Lipinski definition) is 1. The zero-order chi connectivity index (χ0) is 17.5. The Labute approximate surface area is 151 Å². The number of rotatable bonds is 6. The summed E-state index contributed by atoms with van der Waals surface area (Å²) in [5, 5.41) is 3.05. The smallest absolute Gasteiger partial charge is 0.340 e. The Morgan fingerprint density at radius 2 is 2.17 bits per heavy atom. The van der Waals surface area contributed by atoms with Gasteiger partial charge in [-0.1, -0.05) is 34.9 Å². The molecule has 0 saturated carbocycles. The van der Waals surface area contributed by atoms with Crippen LogP contribution in [0.15, 0.2) is 23.9 Å². The van der Waals surface area contributed by atoms with Gasteiger partial charge in [-0.3, -0.25) is 4.79 Å². The normalized spacial score (nSPS) is 15.4. The summed E-state index contributed by atoms with van der Waals surface area (Å²) in [6.45, 7) is 2.07. The Balaban J connectivity index is 1.78. The van der Waals surface area contributed by atoms with Gasteiger partial charge in [0.1, 0.15) is 5.15 Å². The van der Waals surface area contributed by atoms with Gasteiger partial charge in [0.2, 0.25) is 0 Å². The summed E-state index contributed by atoms with van der Waals surface area (Å²) in [6, 6.07) is 1.36. The van der Waals surface area contributed by atoms with Gasteiger partial charge in [-0.05, 0) is 45.1 Å². The lowest BCUT2D eigenvalue weighted by atomic mass is 9.97. The van der Waals surface area contributed by atoms with Crippen molar-refractivity contribution in [3.05, 3.63) is 39.7 Å². The lowest BCUT2D eigenvalue weighted by Gasteiger charge is -2.15. The van der Waals surface area contributed by atoms with Gasteiger partial charge in [0.25, 0.3) is 5.91 Å². The summed E-state index contributed by atoms with van der Waals surface area (Å²) in [6.07, 6.45) is 8.13. The number of esters is 1. The quantitative estimate of drug-likeness (QED) is 0.467. The number of hydrogen-bond acceptors (Lipinski definition) is 4. The van der Waals surface area contributed by atoms with Gasteiger partial charge in [-0.25, -0.2) is 9.78 Å². The van der Waals surface area contributed by atoms with Crippen LogP contribution in [0.2, 0.25) is 10.2 Å². The third-order valence-electron chi connectivity index (χ3n) is 3.82. The molecule has 1 aromatic heterocycles. The lowest BCUT2D eigenvalue weighted by Crippen LogP contribution is -2.36. The van der Waals surface area contributed by atoms with E-state index in [4.69, 9.17) is 27.9 Å². The number of allylic oxidation sites excluding steroid dienone is 1. The molecule has 0 saturated heterocycles. The van der Waals surface area contributed by atoms with Crippen LogP contribution in [-0.4, -0.2) is 29.5 Å². The van der Waals surface area contributed by atoms with Gasteiger partial charge in [-0.15, -0.1) is 0 Å². The standard InChI is InChI=1S/C17H20Cl2N2O3/c1-11(16(22)20-8-7-12-5-3-2-4-6-12)24-17(23)13-9-14(18)15(19)21-10-13/h5,9-11H,2-4,6-8H2,1H3,(H,20,22). The second-order valence-corrected chi connectivity index (χ2v) is 6.46. The molecule has 0 aromatic carbocycles. The van der Waals surface area contributed by atoms with Crippen LogP contribution in [0, 0.1) is 0 Å². The molecular formula is C17H20Cl2N2O3. The second kappa shape index (κ2) is 9.04. The maximum Gasteiger partial charge on any atom is 0.340 e. The summed E-state index contributed by atoms with van der Waals surface area (Å²) in [7, 11) is 0. The van der Waals surface area contributed by atoms with E-state index in [0.29, 0.717) is 6.54 Å². The molecule has 0 spiro atoms. The molecule has 5 nitrogen and oxygen atoms in total. The van der Waals surface area contributed by atoms with Crippen molar-refractivity contribution < 1.29 is 14.3 Å². The monoisotopic (exact) mass is 370 g/mol. The number of nitrogens with one attached hydrogen (secondary N) is 1. The first-order valence-corrected chi connectivity index (χ1v) is 8.70. The molecule has 1 heterocycles. The Morgan fingerprint density at radius 3 is 2.83 bits per heavy atom. The van der Waals surface area contributed by atoms with E-state index in [1.54, 1.807) is 0 Å². The van der Waals surface area contributed by atoms with Crippen molar-refractivity contribution in [1.29, 1.82) is 0 Å². The highest BCUT2D eigenvalue weighted by atomic mass is 35.5. The summed E-state index contributed by atoms with van der Waals surface area (Å²) in [4.78, 5) is 27.8. The fourth-order valence-electron chi connectivity index (χ4n) is 2.44. The molecule has 24 heavy (non-hydrogen) atoms. The predicted molar refractivity (Wildman–Crippen MR) is 93.3 cm³/mol. The van der Waals surface area contributed by atoms with Crippen LogP contribution in [0.4, 0.5) is 0 Å². The maximum absolute atomic E-state index is 12.0. The van der Waals surface area contributed by atoms with Gasteiger partial charge in [0.15, 0.2) is 6.10 Å². The zero-order valence-corrected chi connectivity index (χ0v) is 15.0. The average molecular weight is 371 g/mol. The molecule has 1 atom stereocenters. The Bertz CT molecular complexity index is 647. The van der Waals surface area contributed by atoms with Crippen LogP contribution in [0.3, 0.4) is 0 Å². The fourth-order valence-corrected chi connectivity index (χ4v) is 2.71. The van der Waals surface area contributed by atoms with Crippen molar-refractivity contribution >= 4 is 35.1 Å². The summed E-state index contributed by atoms with van der Waals surface area (Å²) < 4.78 is 5.13. The average Bonchev–Trinajstić information content (AvgIpc) is 2.58. The molecule has 2 rings (SSSR count). The van der Waals surface area contributed by atoms with E-state index in [0.717, 1.165) is 19.3 Å². The van der Waals surface area contributed by atoms with Crippen LogP contribution in [0.5, 0.6) is 0 Å². The van der Waals surface area contributed by atoms with Crippen LogP contribution in [0.25, 0.3) is 0 Å². The molecule has 0 fully saturated rings. The minimum atomic E-state index is -0.896. The number of carbonyl (C=O) groups is 2. The summed E-state index contributed by atoms with van der Waals surface area (Å²) in [5.41, 5.74) is 1.53. The van der Waals surface area contributed by atoms with E-state index in [9.17, 15) is 9.59 Å². The molecule has 1 unspecified atom stereocenters. The van der Waals surface area contributed by atoms with Gasteiger partial charge < -0.3 is 10.1 Å². The predicted octanol–water partition coefficient (Wildman–Crippen LogP) is 3.94. The zero-order valence-electron chi connectivity index (χ0n) is 13.5. The molecular weight excluding hydrogens is 351 g/mol. The molecule has 1 aliphatic carbocycles. The first-order valence-electron chi connectivity index (χ1n) is 7.95. The summed E-state index contributed by atoms with van der Waals surface area (Å²) >= 11 is 11.5. The van der Waals surface area contributed by atoms with E-state index >= 15 is 0 Å². The number of pyridine rings is 1. The first-order chi connectivity index (χ1) is 11.5. The molecule has 7 heteroatoms. The highest BCUT2D eigenvalue weighted by Crippen LogP contribution is 2.21. The summed E-state index contributed by atoms with van der Waals surface area (Å²) in [5.74, 6) is -0.994. The highest BCUT2D eigenvalue weighted by molar-refractivity contribution is 6.41. The number of aromatic nitrogens is 1. The first kappa shape index (κ1) is 18.7. The highest BCUT2D eigenvalue weighted by Gasteiger charge is 2.19. The van der Waals surface area contributed by atoms with E-state index in [1.807, 2.05) is 0 Å². The number of halogens is 2. The molecule has 130 valence electrons. The van der Waals surface area contributed by atoms with Crippen LogP contribution in [0.1, 0.15) is 49.4 Å². The Hall–Kier alpha value is -1.59. The molecule has 1 aliphatic rings. The molecule has 1 N–H and O–H groups in total. The number of amides is 1. The van der Waals surface area contributed by atoms with Crippen LogP contribution < -0.4 is 5.32 Å². The van der Waals surface area contributed by atoms with Crippen molar-refractivity contribution in [3.63, 3.8) is 0 Å². The number of nitrogens with zero attached hydrogens (tertiary/aromatic N) is 1. The third-order valence-corrected chi connectivity index (χ3v) is 4.50. The maximum atomic E-state index is 12.0. The van der Waals surface area contributed by atoms with Crippen LogP contribution >= 0.6 is 23.2 Å². The number of carbonyl (C=O) groups excluding carboxylic acids is 2. The second-order valence-electron chi connectivity index (χ2n) is 5.69. The number of ether oxygens (including phenoxy) is 1. The minimum Gasteiger partial charge on any atom is -0.449 e. The van der Waals surface area contributed by atoms with Gasteiger partial charge >= 0.3 is 5.97 Å². The molecule has 1 amide bonds. The van der Waals surface area contributed by atoms with Gasteiger partial charge in [0, 0.05) is 12.7 Å². The lowest BCUT2D eigenvalue weighted by molar-refractivity contribution is -0.129. The van der Waals surface area contributed by atoms with Crippen molar-refractivity contribution in [2.75, 3.05) is 6.54 Å². The third kappa shape index (κ3) is 5.49. The van der Waals surface area contributed by atoms with Gasteiger partial charge in [-0.2, -0.15) is 0 Å².